The molecule has 132 valence electrons. The molecule has 1 heterocycles. The maximum atomic E-state index is 12.4. The number of nitrogens with zero attached hydrogens (tertiary/aromatic N) is 1. The second-order valence-corrected chi connectivity index (χ2v) is 6.28. The number of ether oxygens (including phenoxy) is 1. The van der Waals surface area contributed by atoms with Crippen molar-refractivity contribution in [1.82, 2.24) is 4.57 Å². The van der Waals surface area contributed by atoms with Crippen LogP contribution in [0.5, 0.6) is 5.75 Å². The van der Waals surface area contributed by atoms with Gasteiger partial charge in [-0.1, -0.05) is 30.3 Å². The van der Waals surface area contributed by atoms with E-state index in [9.17, 15) is 9.59 Å². The van der Waals surface area contributed by atoms with E-state index in [0.717, 1.165) is 11.4 Å². The molecule has 4 nitrogen and oxygen atoms in total. The number of carbonyl (C=O) groups excluding carboxylic acids is 2. The van der Waals surface area contributed by atoms with Gasteiger partial charge in [0.2, 0.25) is 5.78 Å². The Balaban J connectivity index is 1.65. The molecule has 0 aliphatic heterocycles. The first-order valence-corrected chi connectivity index (χ1v) is 8.46. The number of ketones is 2. The lowest BCUT2D eigenvalue weighted by molar-refractivity contribution is 0.0920. The van der Waals surface area contributed by atoms with Gasteiger partial charge in [-0.15, -0.1) is 0 Å². The number of hydrogen-bond donors (Lipinski definition) is 0. The van der Waals surface area contributed by atoms with Crippen molar-refractivity contribution in [3.63, 3.8) is 0 Å². The summed E-state index contributed by atoms with van der Waals surface area (Å²) in [5.74, 6) is 0.465. The Morgan fingerprint density at radius 3 is 2.12 bits per heavy atom. The van der Waals surface area contributed by atoms with Gasteiger partial charge in [-0.05, 0) is 44.2 Å². The Labute approximate surface area is 153 Å². The molecule has 0 atom stereocenters. The normalized spacial score (nSPS) is 10.6. The number of aryl methyl sites for hydroxylation is 1. The third-order valence-electron chi connectivity index (χ3n) is 4.60. The van der Waals surface area contributed by atoms with Gasteiger partial charge in [-0.2, -0.15) is 0 Å². The Kier molecular flexibility index (Phi) is 5.03. The highest BCUT2D eigenvalue weighted by molar-refractivity contribution is 6.09. The minimum absolute atomic E-state index is 0.0315. The number of carbonyl (C=O) groups is 2. The van der Waals surface area contributed by atoms with Gasteiger partial charge >= 0.3 is 0 Å². The fourth-order valence-electron chi connectivity index (χ4n) is 2.82. The van der Waals surface area contributed by atoms with Crippen molar-refractivity contribution < 1.29 is 14.3 Å². The van der Waals surface area contributed by atoms with Crippen molar-refractivity contribution in [1.29, 1.82) is 0 Å². The second-order valence-electron chi connectivity index (χ2n) is 6.28. The average molecular weight is 347 g/mol. The molecule has 0 saturated heterocycles. The number of aromatic nitrogens is 1. The summed E-state index contributed by atoms with van der Waals surface area (Å²) in [4.78, 5) is 24.8. The number of benzene rings is 2. The lowest BCUT2D eigenvalue weighted by Gasteiger charge is -2.07. The molecule has 1 aromatic heterocycles. The molecular weight excluding hydrogens is 326 g/mol. The summed E-state index contributed by atoms with van der Waals surface area (Å²) in [5.41, 5.74) is 3.88. The molecule has 0 unspecified atom stereocenters. The monoisotopic (exact) mass is 347 g/mol. The maximum Gasteiger partial charge on any atom is 0.202 e. The summed E-state index contributed by atoms with van der Waals surface area (Å²) < 4.78 is 7.58. The van der Waals surface area contributed by atoms with E-state index in [1.54, 1.807) is 36.4 Å². The molecule has 0 aliphatic rings. The van der Waals surface area contributed by atoms with E-state index in [0.29, 0.717) is 22.4 Å². The van der Waals surface area contributed by atoms with E-state index in [1.165, 1.54) is 0 Å². The van der Waals surface area contributed by atoms with Crippen LogP contribution in [0.4, 0.5) is 0 Å². The van der Waals surface area contributed by atoms with E-state index in [4.69, 9.17) is 4.74 Å². The van der Waals surface area contributed by atoms with Crippen molar-refractivity contribution in [3.8, 4) is 5.75 Å². The molecule has 2 aromatic carbocycles. The van der Waals surface area contributed by atoms with E-state index < -0.39 is 0 Å². The van der Waals surface area contributed by atoms with Crippen LogP contribution in [-0.2, 0) is 7.05 Å². The lowest BCUT2D eigenvalue weighted by atomic mass is 10.0. The second kappa shape index (κ2) is 7.40. The smallest absolute Gasteiger partial charge is 0.202 e. The first kappa shape index (κ1) is 17.7. The van der Waals surface area contributed by atoms with Crippen molar-refractivity contribution in [3.05, 3.63) is 88.7 Å². The zero-order valence-corrected chi connectivity index (χ0v) is 15.2. The fraction of sp³-hybridized carbons (Fsp3) is 0.182. The maximum absolute atomic E-state index is 12.4. The van der Waals surface area contributed by atoms with E-state index >= 15 is 0 Å². The Morgan fingerprint density at radius 2 is 1.54 bits per heavy atom. The van der Waals surface area contributed by atoms with Crippen LogP contribution in [0.25, 0.3) is 0 Å². The first-order chi connectivity index (χ1) is 12.5. The van der Waals surface area contributed by atoms with Gasteiger partial charge < -0.3 is 9.30 Å². The van der Waals surface area contributed by atoms with Gasteiger partial charge in [0.15, 0.2) is 12.4 Å². The van der Waals surface area contributed by atoms with Crippen LogP contribution in [0.3, 0.4) is 0 Å². The van der Waals surface area contributed by atoms with E-state index in [2.05, 4.69) is 0 Å². The van der Waals surface area contributed by atoms with E-state index in [1.807, 2.05) is 49.7 Å². The van der Waals surface area contributed by atoms with Crippen LogP contribution in [0.1, 0.15) is 37.7 Å². The summed E-state index contributed by atoms with van der Waals surface area (Å²) in [6.07, 6.45) is 0. The van der Waals surface area contributed by atoms with Crippen LogP contribution in [-0.4, -0.2) is 22.7 Å². The highest BCUT2D eigenvalue weighted by Gasteiger charge is 2.15. The zero-order chi connectivity index (χ0) is 18.7. The molecule has 0 bridgehead atoms. The van der Waals surface area contributed by atoms with Gasteiger partial charge in [0.05, 0.1) is 0 Å². The summed E-state index contributed by atoms with van der Waals surface area (Å²) in [6, 6.07) is 17.9. The Hall–Kier alpha value is -3.14. The molecule has 26 heavy (non-hydrogen) atoms. The molecule has 0 fully saturated rings. The standard InChI is InChI=1S/C22H21NO3/c1-15-13-20(16(2)23(15)3)21(24)14-26-19-11-9-18(10-12-19)22(25)17-7-5-4-6-8-17/h4-13H,14H2,1-3H3. The number of rotatable bonds is 6. The minimum atomic E-state index is -0.0596. The van der Waals surface area contributed by atoms with Gasteiger partial charge in [-0.25, -0.2) is 0 Å². The molecule has 0 aliphatic carbocycles. The predicted molar refractivity (Wildman–Crippen MR) is 101 cm³/mol. The quantitative estimate of drug-likeness (QED) is 0.630. The van der Waals surface area contributed by atoms with Crippen LogP contribution in [0.15, 0.2) is 60.7 Å². The topological polar surface area (TPSA) is 48.3 Å². The van der Waals surface area contributed by atoms with Gasteiger partial charge in [-0.3, -0.25) is 9.59 Å². The van der Waals surface area contributed by atoms with Crippen molar-refractivity contribution in [2.75, 3.05) is 6.61 Å². The average Bonchev–Trinajstić information content (AvgIpc) is 2.94. The molecule has 3 rings (SSSR count). The summed E-state index contributed by atoms with van der Waals surface area (Å²) >= 11 is 0. The minimum Gasteiger partial charge on any atom is -0.485 e. The third kappa shape index (κ3) is 3.59. The summed E-state index contributed by atoms with van der Waals surface area (Å²) in [6.45, 7) is 3.85. The Bertz CT molecular complexity index is 938. The van der Waals surface area contributed by atoms with Crippen molar-refractivity contribution in [2.45, 2.75) is 13.8 Å². The largest absolute Gasteiger partial charge is 0.485 e. The molecule has 0 amide bonds. The van der Waals surface area contributed by atoms with Crippen LogP contribution < -0.4 is 4.74 Å². The Morgan fingerprint density at radius 1 is 0.923 bits per heavy atom. The fourth-order valence-corrected chi connectivity index (χ4v) is 2.82. The third-order valence-corrected chi connectivity index (χ3v) is 4.60. The highest BCUT2D eigenvalue weighted by Crippen LogP contribution is 2.17. The predicted octanol–water partition coefficient (Wildman–Crippen LogP) is 4.13. The molecule has 0 saturated carbocycles. The molecule has 0 spiro atoms. The summed E-state index contributed by atoms with van der Waals surface area (Å²) in [7, 11) is 1.94. The molecular formula is C22H21NO3. The first-order valence-electron chi connectivity index (χ1n) is 8.46. The lowest BCUT2D eigenvalue weighted by Crippen LogP contribution is -2.12. The number of hydrogen-bond acceptors (Lipinski definition) is 3. The van der Waals surface area contributed by atoms with E-state index in [-0.39, 0.29) is 18.2 Å². The van der Waals surface area contributed by atoms with Crippen LogP contribution in [0, 0.1) is 13.8 Å². The number of Topliss-reactive ketones (excluding diaryl/α,β-unsaturated/α-hetero) is 1. The summed E-state index contributed by atoms with van der Waals surface area (Å²) in [5, 5.41) is 0. The van der Waals surface area contributed by atoms with Gasteiger partial charge in [0, 0.05) is 35.1 Å². The zero-order valence-electron chi connectivity index (χ0n) is 15.2. The molecule has 4 heteroatoms. The highest BCUT2D eigenvalue weighted by atomic mass is 16.5. The van der Waals surface area contributed by atoms with Crippen LogP contribution >= 0.6 is 0 Å². The van der Waals surface area contributed by atoms with Crippen LogP contribution in [0.2, 0.25) is 0 Å². The van der Waals surface area contributed by atoms with Gasteiger partial charge in [0.25, 0.3) is 0 Å². The molecule has 0 radical (unpaired) electrons. The molecule has 3 aromatic rings. The molecule has 0 N–H and O–H groups in total. The van der Waals surface area contributed by atoms with Crippen molar-refractivity contribution >= 4 is 11.6 Å². The van der Waals surface area contributed by atoms with Crippen molar-refractivity contribution in [2.24, 2.45) is 7.05 Å². The SMILES string of the molecule is Cc1cc(C(=O)COc2ccc(C(=O)c3ccccc3)cc2)c(C)n1C. The van der Waals surface area contributed by atoms with Gasteiger partial charge in [0.1, 0.15) is 5.75 Å².